The van der Waals surface area contributed by atoms with E-state index in [4.69, 9.17) is 0 Å². The van der Waals surface area contributed by atoms with Crippen LogP contribution in [0.3, 0.4) is 0 Å². The number of anilines is 1. The van der Waals surface area contributed by atoms with Crippen LogP contribution in [-0.4, -0.2) is 5.54 Å². The molecule has 1 nitrogen and oxygen atoms in total. The zero-order valence-corrected chi connectivity index (χ0v) is 10.8. The van der Waals surface area contributed by atoms with Gasteiger partial charge >= 0.3 is 6.18 Å². The third kappa shape index (κ3) is 1.55. The van der Waals surface area contributed by atoms with Gasteiger partial charge in [-0.05, 0) is 60.8 Å². The first-order valence-electron chi connectivity index (χ1n) is 6.85. The lowest BCUT2D eigenvalue weighted by molar-refractivity contribution is -0.137. The van der Waals surface area contributed by atoms with Crippen LogP contribution in [0, 0.1) is 5.92 Å². The largest absolute Gasteiger partial charge is 0.416 e. The zero-order valence-electron chi connectivity index (χ0n) is 10.8. The van der Waals surface area contributed by atoms with Crippen LogP contribution in [0.5, 0.6) is 0 Å². The molecule has 0 aromatic heterocycles. The molecule has 0 amide bonds. The summed E-state index contributed by atoms with van der Waals surface area (Å²) in [6, 6.07) is 4.20. The average Bonchev–Trinajstić information content (AvgIpc) is 3.19. The third-order valence-electron chi connectivity index (χ3n) is 5.26. The van der Waals surface area contributed by atoms with E-state index in [2.05, 4.69) is 12.2 Å². The second kappa shape index (κ2) is 3.10. The molecule has 19 heavy (non-hydrogen) atoms. The van der Waals surface area contributed by atoms with E-state index in [-0.39, 0.29) is 11.0 Å². The Morgan fingerprint density at radius 1 is 1.26 bits per heavy atom. The molecular formula is C15H16F3N. The third-order valence-corrected chi connectivity index (χ3v) is 5.26. The summed E-state index contributed by atoms with van der Waals surface area (Å²) in [6.45, 7) is 2.22. The lowest BCUT2D eigenvalue weighted by Gasteiger charge is -2.35. The molecule has 0 radical (unpaired) electrons. The normalized spacial score (nSPS) is 34.0. The predicted molar refractivity (Wildman–Crippen MR) is 67.1 cm³/mol. The highest BCUT2D eigenvalue weighted by Gasteiger charge is 2.62. The minimum Gasteiger partial charge on any atom is -0.379 e. The van der Waals surface area contributed by atoms with E-state index < -0.39 is 11.7 Å². The molecule has 2 spiro atoms. The maximum absolute atomic E-state index is 12.8. The number of rotatable bonds is 0. The highest BCUT2D eigenvalue weighted by molar-refractivity contribution is 5.64. The van der Waals surface area contributed by atoms with Crippen LogP contribution < -0.4 is 5.32 Å². The van der Waals surface area contributed by atoms with Gasteiger partial charge in [0.05, 0.1) is 5.56 Å². The molecular weight excluding hydrogens is 251 g/mol. The first-order chi connectivity index (χ1) is 8.85. The predicted octanol–water partition coefficient (Wildman–Crippen LogP) is 4.33. The van der Waals surface area contributed by atoms with E-state index in [9.17, 15) is 13.2 Å². The summed E-state index contributed by atoms with van der Waals surface area (Å²) in [5.74, 6) is 0.639. The molecule has 102 valence electrons. The molecule has 2 fully saturated rings. The number of alkyl halides is 3. The zero-order chi connectivity index (χ0) is 13.5. The highest BCUT2D eigenvalue weighted by Crippen LogP contribution is 2.65. The van der Waals surface area contributed by atoms with Crippen LogP contribution in [0.4, 0.5) is 18.9 Å². The molecule has 2 saturated carbocycles. The summed E-state index contributed by atoms with van der Waals surface area (Å²) in [4.78, 5) is 0. The van der Waals surface area contributed by atoms with E-state index in [0.29, 0.717) is 5.92 Å². The second-order valence-electron chi connectivity index (χ2n) is 6.60. The highest BCUT2D eigenvalue weighted by atomic mass is 19.4. The van der Waals surface area contributed by atoms with Gasteiger partial charge in [-0.3, -0.25) is 0 Å². The minimum atomic E-state index is -4.24. The van der Waals surface area contributed by atoms with Crippen molar-refractivity contribution in [1.29, 1.82) is 0 Å². The quantitative estimate of drug-likeness (QED) is 0.737. The topological polar surface area (TPSA) is 12.0 Å². The summed E-state index contributed by atoms with van der Waals surface area (Å²) >= 11 is 0. The maximum atomic E-state index is 12.8. The SMILES string of the molecule is C[C@H]1C[C@@]12CC1(CC1)c1cc(C(F)(F)F)ccc1N2. The Hall–Kier alpha value is -1.19. The lowest BCUT2D eigenvalue weighted by Crippen LogP contribution is -2.35. The molecule has 0 bridgehead atoms. The van der Waals surface area contributed by atoms with Gasteiger partial charge in [0, 0.05) is 11.2 Å². The van der Waals surface area contributed by atoms with Crippen molar-refractivity contribution in [3.63, 3.8) is 0 Å². The van der Waals surface area contributed by atoms with Gasteiger partial charge in [0.1, 0.15) is 0 Å². The lowest BCUT2D eigenvalue weighted by atomic mass is 9.81. The van der Waals surface area contributed by atoms with Crippen molar-refractivity contribution >= 4 is 5.69 Å². The van der Waals surface area contributed by atoms with Crippen LogP contribution in [0.2, 0.25) is 0 Å². The number of hydrogen-bond acceptors (Lipinski definition) is 1. The molecule has 0 saturated heterocycles. The molecule has 2 atom stereocenters. The number of nitrogens with one attached hydrogen (secondary N) is 1. The van der Waals surface area contributed by atoms with Crippen molar-refractivity contribution in [2.75, 3.05) is 5.32 Å². The molecule has 1 aliphatic heterocycles. The number of halogens is 3. The van der Waals surface area contributed by atoms with E-state index in [1.807, 2.05) is 0 Å². The molecule has 4 heteroatoms. The molecule has 1 heterocycles. The average molecular weight is 267 g/mol. The standard InChI is InChI=1S/C15H16F3N/c1-9-7-14(9)8-13(4-5-13)11-6-10(15(16,17)18)2-3-12(11)19-14/h2-3,6,9,19H,4-5,7-8H2,1H3/t9-,14+/m0/s1. The van der Waals surface area contributed by atoms with Gasteiger partial charge in [0.25, 0.3) is 0 Å². The van der Waals surface area contributed by atoms with Gasteiger partial charge in [-0.1, -0.05) is 6.92 Å². The fourth-order valence-electron chi connectivity index (χ4n) is 3.78. The molecule has 1 aromatic carbocycles. The van der Waals surface area contributed by atoms with Crippen molar-refractivity contribution in [2.45, 2.75) is 49.7 Å². The molecule has 1 N–H and O–H groups in total. The second-order valence-corrected chi connectivity index (χ2v) is 6.60. The Kier molecular flexibility index (Phi) is 1.90. The van der Waals surface area contributed by atoms with Crippen LogP contribution in [0.15, 0.2) is 18.2 Å². The summed E-state index contributed by atoms with van der Waals surface area (Å²) in [6.07, 6.45) is -0.00722. The number of benzene rings is 1. The first-order valence-corrected chi connectivity index (χ1v) is 6.85. The molecule has 3 aliphatic rings. The van der Waals surface area contributed by atoms with E-state index >= 15 is 0 Å². The van der Waals surface area contributed by atoms with E-state index in [1.165, 1.54) is 12.1 Å². The minimum absolute atomic E-state index is 0.0343. The monoisotopic (exact) mass is 267 g/mol. The van der Waals surface area contributed by atoms with Crippen LogP contribution in [-0.2, 0) is 11.6 Å². The molecule has 4 rings (SSSR count). The van der Waals surface area contributed by atoms with Crippen molar-refractivity contribution in [2.24, 2.45) is 5.92 Å². The van der Waals surface area contributed by atoms with Gasteiger partial charge in [-0.25, -0.2) is 0 Å². The van der Waals surface area contributed by atoms with Crippen molar-refractivity contribution in [1.82, 2.24) is 0 Å². The summed E-state index contributed by atoms with van der Waals surface area (Å²) in [5, 5.41) is 3.50. The molecule has 2 aliphatic carbocycles. The number of fused-ring (bicyclic) bond motifs is 2. The summed E-state index contributed by atoms with van der Waals surface area (Å²) in [5.41, 5.74) is 1.52. The summed E-state index contributed by atoms with van der Waals surface area (Å²) in [7, 11) is 0. The molecule has 1 aromatic rings. The van der Waals surface area contributed by atoms with Gasteiger partial charge in [-0.2, -0.15) is 13.2 Å². The smallest absolute Gasteiger partial charge is 0.379 e. The van der Waals surface area contributed by atoms with Crippen molar-refractivity contribution < 1.29 is 13.2 Å². The van der Waals surface area contributed by atoms with Crippen molar-refractivity contribution in [3.05, 3.63) is 29.3 Å². The summed E-state index contributed by atoms with van der Waals surface area (Å²) < 4.78 is 38.5. The Bertz CT molecular complexity index is 559. The molecule has 0 unspecified atom stereocenters. The Morgan fingerprint density at radius 2 is 1.95 bits per heavy atom. The van der Waals surface area contributed by atoms with Crippen LogP contribution >= 0.6 is 0 Å². The fraction of sp³-hybridized carbons (Fsp3) is 0.600. The van der Waals surface area contributed by atoms with Crippen LogP contribution in [0.25, 0.3) is 0 Å². The Balaban J connectivity index is 1.80. The maximum Gasteiger partial charge on any atom is 0.416 e. The van der Waals surface area contributed by atoms with Gasteiger partial charge < -0.3 is 5.32 Å². The first kappa shape index (κ1) is 11.6. The van der Waals surface area contributed by atoms with Crippen LogP contribution in [0.1, 0.15) is 43.7 Å². The van der Waals surface area contributed by atoms with E-state index in [0.717, 1.165) is 36.9 Å². The number of hydrogen-bond donors (Lipinski definition) is 1. The Labute approximate surface area is 110 Å². The van der Waals surface area contributed by atoms with Crippen molar-refractivity contribution in [3.8, 4) is 0 Å². The van der Waals surface area contributed by atoms with Gasteiger partial charge in [0.2, 0.25) is 0 Å². The fourth-order valence-corrected chi connectivity index (χ4v) is 3.78. The van der Waals surface area contributed by atoms with E-state index in [1.54, 1.807) is 6.07 Å². The van der Waals surface area contributed by atoms with Gasteiger partial charge in [-0.15, -0.1) is 0 Å². The van der Waals surface area contributed by atoms with Gasteiger partial charge in [0.15, 0.2) is 0 Å². The Morgan fingerprint density at radius 3 is 2.47 bits per heavy atom.